The van der Waals surface area contributed by atoms with Crippen LogP contribution in [0.3, 0.4) is 0 Å². The molecule has 1 rings (SSSR count). The van der Waals surface area contributed by atoms with E-state index < -0.39 is 0 Å². The fraction of sp³-hybridized carbons (Fsp3) is 0.947. The molecule has 0 aromatic rings. The number of amides is 1. The van der Waals surface area contributed by atoms with Gasteiger partial charge in [-0.05, 0) is 18.8 Å². The van der Waals surface area contributed by atoms with Crippen LogP contribution >= 0.6 is 0 Å². The van der Waals surface area contributed by atoms with Crippen molar-refractivity contribution in [3.05, 3.63) is 0 Å². The Labute approximate surface area is 132 Å². The van der Waals surface area contributed by atoms with Gasteiger partial charge < -0.3 is 5.32 Å². The van der Waals surface area contributed by atoms with Gasteiger partial charge in [0.25, 0.3) is 0 Å². The predicted octanol–water partition coefficient (Wildman–Crippen LogP) is 5.60. The van der Waals surface area contributed by atoms with E-state index in [1.54, 1.807) is 0 Å². The molecule has 21 heavy (non-hydrogen) atoms. The van der Waals surface area contributed by atoms with Gasteiger partial charge in [0.15, 0.2) is 0 Å². The summed E-state index contributed by atoms with van der Waals surface area (Å²) in [5, 5.41) is 3.09. The van der Waals surface area contributed by atoms with Crippen LogP contribution in [0.2, 0.25) is 0 Å². The third kappa shape index (κ3) is 10.8. The van der Waals surface area contributed by atoms with Crippen LogP contribution < -0.4 is 5.32 Å². The predicted molar refractivity (Wildman–Crippen MR) is 91.4 cm³/mol. The molecule has 0 saturated heterocycles. The molecule has 0 aromatic carbocycles. The summed E-state index contributed by atoms with van der Waals surface area (Å²) in [5.74, 6) is 1.11. The normalized spacial score (nSPS) is 16.0. The van der Waals surface area contributed by atoms with E-state index in [0.717, 1.165) is 31.7 Å². The molecule has 0 bridgehead atoms. The van der Waals surface area contributed by atoms with Crippen molar-refractivity contribution < 1.29 is 4.79 Å². The minimum absolute atomic E-state index is 0.281. The monoisotopic (exact) mass is 295 g/mol. The second-order valence-electron chi connectivity index (χ2n) is 6.87. The molecule has 0 spiro atoms. The molecule has 0 unspecified atom stereocenters. The summed E-state index contributed by atoms with van der Waals surface area (Å²) in [6, 6.07) is 0. The van der Waals surface area contributed by atoms with Crippen molar-refractivity contribution in [3.8, 4) is 0 Å². The lowest BCUT2D eigenvalue weighted by Crippen LogP contribution is -2.25. The van der Waals surface area contributed by atoms with Crippen LogP contribution in [0.5, 0.6) is 0 Å². The smallest absolute Gasteiger partial charge is 0.220 e. The van der Waals surface area contributed by atoms with Crippen LogP contribution in [0.1, 0.15) is 103 Å². The van der Waals surface area contributed by atoms with E-state index in [2.05, 4.69) is 12.2 Å². The molecule has 1 saturated carbocycles. The number of carbonyl (C=O) groups excluding carboxylic acids is 1. The quantitative estimate of drug-likeness (QED) is 0.466. The zero-order valence-electron chi connectivity index (χ0n) is 14.3. The summed E-state index contributed by atoms with van der Waals surface area (Å²) in [6.45, 7) is 3.15. The first-order valence-electron chi connectivity index (χ1n) is 9.59. The van der Waals surface area contributed by atoms with Gasteiger partial charge in [0.2, 0.25) is 5.91 Å². The van der Waals surface area contributed by atoms with Crippen molar-refractivity contribution in [1.82, 2.24) is 5.32 Å². The topological polar surface area (TPSA) is 29.1 Å². The van der Waals surface area contributed by atoms with Crippen molar-refractivity contribution in [2.24, 2.45) is 5.92 Å². The highest BCUT2D eigenvalue weighted by Crippen LogP contribution is 2.27. The molecule has 1 amide bonds. The summed E-state index contributed by atoms with van der Waals surface area (Å²) < 4.78 is 0. The van der Waals surface area contributed by atoms with Gasteiger partial charge in [-0.25, -0.2) is 0 Å². The van der Waals surface area contributed by atoms with E-state index in [4.69, 9.17) is 0 Å². The Morgan fingerprint density at radius 2 is 1.52 bits per heavy atom. The fourth-order valence-electron chi connectivity index (χ4n) is 3.39. The van der Waals surface area contributed by atoms with Crippen molar-refractivity contribution in [3.63, 3.8) is 0 Å². The Bertz CT molecular complexity index is 246. The standard InChI is InChI=1S/C19H37NO/c1-2-3-4-5-6-7-8-12-17-20-19(21)16-15-18-13-10-9-11-14-18/h18H,2-17H2,1H3,(H,20,21). The van der Waals surface area contributed by atoms with Gasteiger partial charge in [-0.2, -0.15) is 0 Å². The van der Waals surface area contributed by atoms with Crippen LogP contribution in [-0.2, 0) is 4.79 Å². The Kier molecular flexibility index (Phi) is 11.6. The second-order valence-corrected chi connectivity index (χ2v) is 6.87. The van der Waals surface area contributed by atoms with E-state index in [-0.39, 0.29) is 5.91 Å². The molecule has 1 aliphatic carbocycles. The molecule has 2 nitrogen and oxygen atoms in total. The van der Waals surface area contributed by atoms with Gasteiger partial charge in [0, 0.05) is 13.0 Å². The van der Waals surface area contributed by atoms with E-state index >= 15 is 0 Å². The number of hydrogen-bond acceptors (Lipinski definition) is 1. The Morgan fingerprint density at radius 3 is 2.19 bits per heavy atom. The highest BCUT2D eigenvalue weighted by Gasteiger charge is 2.14. The molecule has 0 atom stereocenters. The van der Waals surface area contributed by atoms with Crippen LogP contribution in [0.25, 0.3) is 0 Å². The summed E-state index contributed by atoms with van der Waals surface area (Å²) in [7, 11) is 0. The summed E-state index contributed by atoms with van der Waals surface area (Å²) >= 11 is 0. The highest BCUT2D eigenvalue weighted by atomic mass is 16.1. The van der Waals surface area contributed by atoms with Gasteiger partial charge >= 0.3 is 0 Å². The number of unbranched alkanes of at least 4 members (excludes halogenated alkanes) is 7. The SMILES string of the molecule is CCCCCCCCCCNC(=O)CCC1CCCCC1. The number of nitrogens with one attached hydrogen (secondary N) is 1. The zero-order chi connectivity index (χ0) is 15.2. The van der Waals surface area contributed by atoms with Crippen molar-refractivity contribution in [2.45, 2.75) is 103 Å². The number of rotatable bonds is 12. The lowest BCUT2D eigenvalue weighted by molar-refractivity contribution is -0.121. The summed E-state index contributed by atoms with van der Waals surface area (Å²) in [6.07, 6.45) is 19.4. The maximum atomic E-state index is 11.8. The van der Waals surface area contributed by atoms with Crippen molar-refractivity contribution >= 4 is 5.91 Å². The minimum Gasteiger partial charge on any atom is -0.356 e. The van der Waals surface area contributed by atoms with Gasteiger partial charge in [-0.3, -0.25) is 4.79 Å². The third-order valence-electron chi connectivity index (χ3n) is 4.86. The molecule has 1 N–H and O–H groups in total. The first-order valence-corrected chi connectivity index (χ1v) is 9.59. The van der Waals surface area contributed by atoms with Crippen molar-refractivity contribution in [2.75, 3.05) is 6.54 Å². The highest BCUT2D eigenvalue weighted by molar-refractivity contribution is 5.75. The lowest BCUT2D eigenvalue weighted by atomic mass is 9.86. The maximum Gasteiger partial charge on any atom is 0.220 e. The number of hydrogen-bond donors (Lipinski definition) is 1. The molecule has 124 valence electrons. The van der Waals surface area contributed by atoms with Crippen molar-refractivity contribution in [1.29, 1.82) is 0 Å². The first-order chi connectivity index (χ1) is 10.3. The largest absolute Gasteiger partial charge is 0.356 e. The van der Waals surface area contributed by atoms with Gasteiger partial charge in [-0.1, -0.05) is 84.0 Å². The second kappa shape index (κ2) is 13.2. The summed E-state index contributed by atoms with van der Waals surface area (Å²) in [4.78, 5) is 11.8. The molecule has 1 fully saturated rings. The molecule has 1 aliphatic rings. The van der Waals surface area contributed by atoms with Crippen LogP contribution in [0, 0.1) is 5.92 Å². The van der Waals surface area contributed by atoms with E-state index in [9.17, 15) is 4.79 Å². The van der Waals surface area contributed by atoms with E-state index in [1.165, 1.54) is 77.0 Å². The molecular weight excluding hydrogens is 258 g/mol. The van der Waals surface area contributed by atoms with Crippen LogP contribution in [0.15, 0.2) is 0 Å². The lowest BCUT2D eigenvalue weighted by Gasteiger charge is -2.20. The van der Waals surface area contributed by atoms with Gasteiger partial charge in [0.1, 0.15) is 0 Å². The van der Waals surface area contributed by atoms with E-state index in [0.29, 0.717) is 0 Å². The molecule has 0 aromatic heterocycles. The van der Waals surface area contributed by atoms with Crippen LogP contribution in [0.4, 0.5) is 0 Å². The fourth-order valence-corrected chi connectivity index (χ4v) is 3.39. The van der Waals surface area contributed by atoms with Gasteiger partial charge in [-0.15, -0.1) is 0 Å². The Balaban J connectivity index is 1.82. The molecule has 0 radical (unpaired) electrons. The van der Waals surface area contributed by atoms with Crippen LogP contribution in [-0.4, -0.2) is 12.5 Å². The zero-order valence-corrected chi connectivity index (χ0v) is 14.3. The maximum absolute atomic E-state index is 11.8. The van der Waals surface area contributed by atoms with Gasteiger partial charge in [0.05, 0.1) is 0 Å². The molecular formula is C19H37NO. The van der Waals surface area contributed by atoms with E-state index in [1.807, 2.05) is 0 Å². The third-order valence-corrected chi connectivity index (χ3v) is 4.86. The number of carbonyl (C=O) groups is 1. The molecule has 0 aliphatic heterocycles. The average Bonchev–Trinajstić information content (AvgIpc) is 2.52. The Morgan fingerprint density at radius 1 is 0.905 bits per heavy atom. The first kappa shape index (κ1) is 18.5. The Hall–Kier alpha value is -0.530. The average molecular weight is 296 g/mol. The summed E-state index contributed by atoms with van der Waals surface area (Å²) in [5.41, 5.74) is 0. The molecule has 2 heteroatoms. The minimum atomic E-state index is 0.281. The molecule has 0 heterocycles.